The van der Waals surface area contributed by atoms with E-state index in [1.807, 2.05) is 18.2 Å². The number of methoxy groups -OCH3 is 1. The molecule has 0 atom stereocenters. The lowest BCUT2D eigenvalue weighted by Crippen LogP contribution is -2.31. The van der Waals surface area contributed by atoms with Crippen molar-refractivity contribution in [2.24, 2.45) is 0 Å². The minimum absolute atomic E-state index is 0.0993. The summed E-state index contributed by atoms with van der Waals surface area (Å²) in [7, 11) is 3.30. The average molecular weight is 260 g/mol. The summed E-state index contributed by atoms with van der Waals surface area (Å²) in [5.74, 6) is -0.0930. The van der Waals surface area contributed by atoms with Crippen LogP contribution in [0.2, 0.25) is 0 Å². The van der Waals surface area contributed by atoms with Gasteiger partial charge in [-0.2, -0.15) is 0 Å². The third-order valence-corrected chi connectivity index (χ3v) is 2.80. The first-order valence-corrected chi connectivity index (χ1v) is 5.90. The molecule has 19 heavy (non-hydrogen) atoms. The van der Waals surface area contributed by atoms with Gasteiger partial charge in [-0.25, -0.2) is 9.97 Å². The lowest BCUT2D eigenvalue weighted by molar-refractivity contribution is 0.0740. The normalized spacial score (nSPS) is 10.6. The first kappa shape index (κ1) is 13.2. The molecule has 0 aliphatic carbocycles. The zero-order chi connectivity index (χ0) is 13.8. The van der Waals surface area contributed by atoms with Crippen molar-refractivity contribution in [1.29, 1.82) is 0 Å². The maximum atomic E-state index is 12.3. The predicted octanol–water partition coefficient (Wildman–Crippen LogP) is 0.930. The van der Waals surface area contributed by atoms with Gasteiger partial charge >= 0.3 is 0 Å². The number of benzene rings is 1. The molecule has 2 rings (SSSR count). The minimum atomic E-state index is -0.192. The van der Waals surface area contributed by atoms with Crippen LogP contribution in [-0.2, 0) is 4.74 Å². The summed E-state index contributed by atoms with van der Waals surface area (Å²) in [6.45, 7) is 0.967. The Morgan fingerprint density at radius 3 is 2.84 bits per heavy atom. The van der Waals surface area contributed by atoms with E-state index in [-0.39, 0.29) is 11.9 Å². The quantitative estimate of drug-likeness (QED) is 0.884. The summed E-state index contributed by atoms with van der Waals surface area (Å²) in [5, 5.41) is 0.700. The fourth-order valence-corrected chi connectivity index (χ4v) is 1.77. The molecule has 1 aromatic carbocycles. The molecule has 2 aromatic rings. The molecule has 0 spiro atoms. The van der Waals surface area contributed by atoms with E-state index >= 15 is 0 Å². The van der Waals surface area contributed by atoms with E-state index in [4.69, 9.17) is 10.5 Å². The molecule has 0 saturated heterocycles. The van der Waals surface area contributed by atoms with Gasteiger partial charge in [-0.05, 0) is 6.07 Å². The second kappa shape index (κ2) is 5.62. The highest BCUT2D eigenvalue weighted by Gasteiger charge is 2.17. The minimum Gasteiger partial charge on any atom is -0.383 e. The molecule has 2 N–H and O–H groups in total. The second-order valence-electron chi connectivity index (χ2n) is 4.17. The summed E-state index contributed by atoms with van der Waals surface area (Å²) in [6, 6.07) is 7.30. The molecular weight excluding hydrogens is 244 g/mol. The van der Waals surface area contributed by atoms with E-state index in [0.29, 0.717) is 29.7 Å². The van der Waals surface area contributed by atoms with Gasteiger partial charge in [0, 0.05) is 26.1 Å². The molecule has 0 saturated carbocycles. The number of nitrogens with zero attached hydrogens (tertiary/aromatic N) is 3. The lowest BCUT2D eigenvalue weighted by atomic mass is 10.1. The molecule has 0 aliphatic rings. The van der Waals surface area contributed by atoms with Crippen LogP contribution in [0, 0.1) is 0 Å². The molecule has 1 amide bonds. The number of likely N-dealkylation sites (N-methyl/N-ethyl adjacent to an activating group) is 1. The van der Waals surface area contributed by atoms with Gasteiger partial charge in [0.05, 0.1) is 12.1 Å². The summed E-state index contributed by atoms with van der Waals surface area (Å²) in [4.78, 5) is 22.1. The van der Waals surface area contributed by atoms with E-state index in [9.17, 15) is 4.79 Å². The highest BCUT2D eigenvalue weighted by atomic mass is 16.5. The van der Waals surface area contributed by atoms with Gasteiger partial charge in [-0.1, -0.05) is 18.2 Å². The van der Waals surface area contributed by atoms with Gasteiger partial charge < -0.3 is 15.4 Å². The Balaban J connectivity index is 2.41. The van der Waals surface area contributed by atoms with E-state index < -0.39 is 0 Å². The van der Waals surface area contributed by atoms with Crippen molar-refractivity contribution in [2.75, 3.05) is 33.0 Å². The van der Waals surface area contributed by atoms with E-state index in [2.05, 4.69) is 9.97 Å². The number of aromatic nitrogens is 2. The van der Waals surface area contributed by atoms with Gasteiger partial charge in [0.25, 0.3) is 5.91 Å². The number of nitrogen functional groups attached to an aromatic ring is 1. The zero-order valence-corrected chi connectivity index (χ0v) is 11.0. The smallest absolute Gasteiger partial charge is 0.273 e. The van der Waals surface area contributed by atoms with Gasteiger partial charge in [0.1, 0.15) is 5.69 Å². The summed E-state index contributed by atoms with van der Waals surface area (Å²) >= 11 is 0. The van der Waals surface area contributed by atoms with Crippen molar-refractivity contribution in [1.82, 2.24) is 14.9 Å². The van der Waals surface area contributed by atoms with Crippen molar-refractivity contribution in [3.8, 4) is 0 Å². The second-order valence-corrected chi connectivity index (χ2v) is 4.17. The van der Waals surface area contributed by atoms with Crippen molar-refractivity contribution in [3.05, 3.63) is 30.0 Å². The lowest BCUT2D eigenvalue weighted by Gasteiger charge is -2.17. The molecule has 0 bridgehead atoms. The predicted molar refractivity (Wildman–Crippen MR) is 72.8 cm³/mol. The number of hydrogen-bond acceptors (Lipinski definition) is 5. The van der Waals surface area contributed by atoms with Gasteiger partial charge in [-0.3, -0.25) is 4.79 Å². The van der Waals surface area contributed by atoms with Crippen LogP contribution >= 0.6 is 0 Å². The van der Waals surface area contributed by atoms with Crippen molar-refractivity contribution in [3.63, 3.8) is 0 Å². The van der Waals surface area contributed by atoms with Crippen molar-refractivity contribution in [2.45, 2.75) is 0 Å². The molecule has 6 heteroatoms. The maximum Gasteiger partial charge on any atom is 0.273 e. The van der Waals surface area contributed by atoms with Gasteiger partial charge in [-0.15, -0.1) is 0 Å². The molecule has 0 unspecified atom stereocenters. The van der Waals surface area contributed by atoms with Crippen LogP contribution in [0.4, 0.5) is 5.95 Å². The monoisotopic (exact) mass is 260 g/mol. The number of carbonyl (C=O) groups is 1. The molecule has 0 radical (unpaired) electrons. The molecule has 1 aromatic heterocycles. The number of ether oxygens (including phenoxy) is 1. The molecule has 1 heterocycles. The third-order valence-electron chi connectivity index (χ3n) is 2.80. The number of hydrogen-bond donors (Lipinski definition) is 1. The highest BCUT2D eigenvalue weighted by Crippen LogP contribution is 2.17. The summed E-state index contributed by atoms with van der Waals surface area (Å²) < 4.78 is 4.96. The third kappa shape index (κ3) is 2.79. The van der Waals surface area contributed by atoms with Gasteiger partial charge in [0.2, 0.25) is 5.95 Å². The largest absolute Gasteiger partial charge is 0.383 e. The maximum absolute atomic E-state index is 12.3. The van der Waals surface area contributed by atoms with Crippen molar-refractivity contribution >= 4 is 22.8 Å². The molecule has 0 fully saturated rings. The van der Waals surface area contributed by atoms with E-state index in [1.165, 1.54) is 0 Å². The van der Waals surface area contributed by atoms with Crippen LogP contribution in [0.3, 0.4) is 0 Å². The topological polar surface area (TPSA) is 81.3 Å². The van der Waals surface area contributed by atoms with Crippen LogP contribution in [0.1, 0.15) is 10.5 Å². The molecule has 0 aliphatic heterocycles. The molecule has 100 valence electrons. The SMILES string of the molecule is COCCN(C)C(=O)c1nc(N)nc2ccccc12. The first-order valence-electron chi connectivity index (χ1n) is 5.90. The number of para-hydroxylation sites is 1. The van der Waals surface area contributed by atoms with Crippen LogP contribution in [0.25, 0.3) is 10.9 Å². The Kier molecular flexibility index (Phi) is 3.91. The Labute approximate surface area is 111 Å². The number of amides is 1. The number of anilines is 1. The van der Waals surface area contributed by atoms with Crippen molar-refractivity contribution < 1.29 is 9.53 Å². The van der Waals surface area contributed by atoms with Crippen LogP contribution in [0.15, 0.2) is 24.3 Å². The van der Waals surface area contributed by atoms with Crippen LogP contribution in [-0.4, -0.2) is 48.1 Å². The summed E-state index contributed by atoms with van der Waals surface area (Å²) in [6.07, 6.45) is 0. The zero-order valence-electron chi connectivity index (χ0n) is 11.0. The van der Waals surface area contributed by atoms with Gasteiger partial charge in [0.15, 0.2) is 0 Å². The molecule has 6 nitrogen and oxygen atoms in total. The van der Waals surface area contributed by atoms with Crippen LogP contribution < -0.4 is 5.73 Å². The number of rotatable bonds is 4. The Morgan fingerprint density at radius 1 is 1.37 bits per heavy atom. The Morgan fingerprint density at radius 2 is 2.11 bits per heavy atom. The fraction of sp³-hybridized carbons (Fsp3) is 0.308. The number of fused-ring (bicyclic) bond motifs is 1. The standard InChI is InChI=1S/C13H16N4O2/c1-17(7-8-19-2)12(18)11-9-5-3-4-6-10(9)15-13(14)16-11/h3-6H,7-8H2,1-2H3,(H2,14,15,16). The number of carbonyl (C=O) groups excluding carboxylic acids is 1. The molecular formula is C13H16N4O2. The highest BCUT2D eigenvalue weighted by molar-refractivity contribution is 6.04. The Hall–Kier alpha value is -2.21. The number of nitrogens with two attached hydrogens (primary N) is 1. The first-order chi connectivity index (χ1) is 9.13. The van der Waals surface area contributed by atoms with E-state index in [0.717, 1.165) is 0 Å². The fourth-order valence-electron chi connectivity index (χ4n) is 1.77. The van der Waals surface area contributed by atoms with E-state index in [1.54, 1.807) is 25.1 Å². The summed E-state index contributed by atoms with van der Waals surface area (Å²) in [5.41, 5.74) is 6.63. The average Bonchev–Trinajstić information content (AvgIpc) is 2.42. The van der Waals surface area contributed by atoms with Crippen LogP contribution in [0.5, 0.6) is 0 Å². The Bertz CT molecular complexity index is 600.